The molecule has 0 spiro atoms. The molecule has 0 saturated carbocycles. The van der Waals surface area contributed by atoms with Crippen LogP contribution in [0.5, 0.6) is 0 Å². The van der Waals surface area contributed by atoms with Crippen molar-refractivity contribution in [2.75, 3.05) is 0 Å². The van der Waals surface area contributed by atoms with E-state index in [4.69, 9.17) is 23.8 Å². The number of nitriles is 1. The molecule has 0 bridgehead atoms. The fourth-order valence-electron chi connectivity index (χ4n) is 6.25. The highest BCUT2D eigenvalue weighted by atomic mass is 16.3. The van der Waals surface area contributed by atoms with Crippen molar-refractivity contribution in [1.82, 2.24) is 15.0 Å². The average molecular weight is 591 g/mol. The molecule has 0 aliphatic carbocycles. The van der Waals surface area contributed by atoms with E-state index in [0.717, 1.165) is 60.5 Å². The van der Waals surface area contributed by atoms with Crippen LogP contribution in [-0.4, -0.2) is 15.0 Å². The van der Waals surface area contributed by atoms with Crippen molar-refractivity contribution in [2.45, 2.75) is 0 Å². The van der Waals surface area contributed by atoms with E-state index in [1.165, 1.54) is 0 Å². The van der Waals surface area contributed by atoms with E-state index in [1.54, 1.807) is 12.1 Å². The Morgan fingerprint density at radius 2 is 1.00 bits per heavy atom. The molecule has 0 fully saturated rings. The van der Waals surface area contributed by atoms with Crippen molar-refractivity contribution in [3.8, 4) is 51.4 Å². The molecule has 0 unspecified atom stereocenters. The molecule has 3 aromatic heterocycles. The third-order valence-corrected chi connectivity index (χ3v) is 8.37. The molecule has 9 rings (SSSR count). The van der Waals surface area contributed by atoms with Crippen LogP contribution in [0.1, 0.15) is 5.56 Å². The molecule has 6 aromatic carbocycles. The van der Waals surface area contributed by atoms with Gasteiger partial charge in [0.25, 0.3) is 0 Å². The Bertz CT molecular complexity index is 2650. The van der Waals surface area contributed by atoms with Crippen molar-refractivity contribution < 1.29 is 8.83 Å². The molecule has 6 nitrogen and oxygen atoms in total. The van der Waals surface area contributed by atoms with Crippen LogP contribution >= 0.6 is 0 Å². The lowest BCUT2D eigenvalue weighted by Gasteiger charge is -2.09. The first-order valence-corrected chi connectivity index (χ1v) is 14.9. The van der Waals surface area contributed by atoms with Crippen molar-refractivity contribution >= 4 is 43.9 Å². The van der Waals surface area contributed by atoms with Crippen LogP contribution in [0.4, 0.5) is 0 Å². The number of rotatable bonds is 4. The van der Waals surface area contributed by atoms with Gasteiger partial charge in [-0.1, -0.05) is 91.0 Å². The van der Waals surface area contributed by atoms with E-state index in [1.807, 2.05) is 97.1 Å². The van der Waals surface area contributed by atoms with Gasteiger partial charge in [0, 0.05) is 38.2 Å². The minimum atomic E-state index is 0.526. The maximum absolute atomic E-state index is 9.43. The second-order valence-corrected chi connectivity index (χ2v) is 11.1. The summed E-state index contributed by atoms with van der Waals surface area (Å²) < 4.78 is 12.6. The topological polar surface area (TPSA) is 88.7 Å². The zero-order chi connectivity index (χ0) is 30.6. The normalized spacial score (nSPS) is 11.5. The largest absolute Gasteiger partial charge is 0.456 e. The first-order valence-electron chi connectivity index (χ1n) is 14.9. The van der Waals surface area contributed by atoms with Crippen LogP contribution in [-0.2, 0) is 0 Å². The minimum Gasteiger partial charge on any atom is -0.456 e. The summed E-state index contributed by atoms with van der Waals surface area (Å²) >= 11 is 0. The monoisotopic (exact) mass is 590 g/mol. The number of hydrogen-bond donors (Lipinski definition) is 0. The van der Waals surface area contributed by atoms with Gasteiger partial charge < -0.3 is 8.83 Å². The lowest BCUT2D eigenvalue weighted by molar-refractivity contribution is 0.668. The van der Waals surface area contributed by atoms with E-state index < -0.39 is 0 Å². The van der Waals surface area contributed by atoms with Gasteiger partial charge >= 0.3 is 0 Å². The first kappa shape index (κ1) is 25.9. The van der Waals surface area contributed by atoms with Gasteiger partial charge in [-0.05, 0) is 53.6 Å². The maximum atomic E-state index is 9.43. The van der Waals surface area contributed by atoms with E-state index in [-0.39, 0.29) is 0 Å². The Kier molecular flexibility index (Phi) is 5.77. The van der Waals surface area contributed by atoms with Crippen LogP contribution < -0.4 is 0 Å². The molecule has 0 radical (unpaired) electrons. The van der Waals surface area contributed by atoms with Gasteiger partial charge in [0.1, 0.15) is 22.3 Å². The average Bonchev–Trinajstić information content (AvgIpc) is 3.69. The Morgan fingerprint density at radius 1 is 0.435 bits per heavy atom. The van der Waals surface area contributed by atoms with Gasteiger partial charge in [0.15, 0.2) is 17.5 Å². The summed E-state index contributed by atoms with van der Waals surface area (Å²) in [6.07, 6.45) is 0. The molecule has 0 aliphatic rings. The Labute approximate surface area is 262 Å². The Balaban J connectivity index is 1.26. The van der Waals surface area contributed by atoms with Gasteiger partial charge in [-0.3, -0.25) is 0 Å². The van der Waals surface area contributed by atoms with Crippen molar-refractivity contribution in [1.29, 1.82) is 5.26 Å². The molecule has 214 valence electrons. The molecule has 0 saturated heterocycles. The summed E-state index contributed by atoms with van der Waals surface area (Å²) in [6.45, 7) is 0. The fourth-order valence-corrected chi connectivity index (χ4v) is 6.25. The third-order valence-electron chi connectivity index (χ3n) is 8.37. The second kappa shape index (κ2) is 10.3. The molecule has 3 heterocycles. The molecular weight excluding hydrogens is 568 g/mol. The van der Waals surface area contributed by atoms with Crippen LogP contribution in [0.25, 0.3) is 89.2 Å². The quantitative estimate of drug-likeness (QED) is 0.203. The fraction of sp³-hybridized carbons (Fsp3) is 0. The Hall–Kier alpha value is -6.58. The maximum Gasteiger partial charge on any atom is 0.164 e. The molecule has 9 aromatic rings. The number of benzene rings is 6. The van der Waals surface area contributed by atoms with Gasteiger partial charge in [0.2, 0.25) is 0 Å². The molecule has 6 heteroatoms. The van der Waals surface area contributed by atoms with E-state index in [9.17, 15) is 5.26 Å². The first-order chi connectivity index (χ1) is 22.7. The van der Waals surface area contributed by atoms with Crippen LogP contribution in [0, 0.1) is 11.3 Å². The predicted octanol–water partition coefficient (Wildman–Crippen LogP) is 10.2. The van der Waals surface area contributed by atoms with Crippen molar-refractivity contribution in [2.24, 2.45) is 0 Å². The summed E-state index contributed by atoms with van der Waals surface area (Å²) in [7, 11) is 0. The summed E-state index contributed by atoms with van der Waals surface area (Å²) in [4.78, 5) is 15.0. The van der Waals surface area contributed by atoms with Crippen molar-refractivity contribution in [3.05, 3.63) is 139 Å². The number of aromatic nitrogens is 3. The summed E-state index contributed by atoms with van der Waals surface area (Å²) in [5.74, 6) is 1.62. The highest BCUT2D eigenvalue weighted by molar-refractivity contribution is 6.13. The van der Waals surface area contributed by atoms with E-state index in [0.29, 0.717) is 34.2 Å². The summed E-state index contributed by atoms with van der Waals surface area (Å²) in [6, 6.07) is 46.1. The smallest absolute Gasteiger partial charge is 0.164 e. The zero-order valence-corrected chi connectivity index (χ0v) is 24.3. The lowest BCUT2D eigenvalue weighted by atomic mass is 9.99. The Morgan fingerprint density at radius 3 is 1.70 bits per heavy atom. The third kappa shape index (κ3) is 4.15. The van der Waals surface area contributed by atoms with E-state index >= 15 is 0 Å². The van der Waals surface area contributed by atoms with Gasteiger partial charge in [-0.2, -0.15) is 5.26 Å². The van der Waals surface area contributed by atoms with Gasteiger partial charge in [0.05, 0.1) is 11.6 Å². The number of fused-ring (bicyclic) bond motifs is 6. The second-order valence-electron chi connectivity index (χ2n) is 11.1. The number of nitrogens with zero attached hydrogens (tertiary/aromatic N) is 4. The highest BCUT2D eigenvalue weighted by Gasteiger charge is 2.19. The summed E-state index contributed by atoms with van der Waals surface area (Å²) in [5.41, 5.74) is 8.25. The molecule has 0 N–H and O–H groups in total. The van der Waals surface area contributed by atoms with Crippen LogP contribution in [0.3, 0.4) is 0 Å². The number of furan rings is 2. The molecule has 46 heavy (non-hydrogen) atoms. The van der Waals surface area contributed by atoms with Crippen molar-refractivity contribution in [3.63, 3.8) is 0 Å². The zero-order valence-electron chi connectivity index (χ0n) is 24.3. The van der Waals surface area contributed by atoms with Gasteiger partial charge in [-0.15, -0.1) is 0 Å². The van der Waals surface area contributed by atoms with Gasteiger partial charge in [-0.25, -0.2) is 15.0 Å². The standard InChI is InChI=1S/C40H22N4O2/c41-23-24-17-19-29-34(21-24)45-33-16-8-14-31(37(29)33)40-43-38(26-11-5-2-6-12-26)42-39(44-40)27-18-20-30-35(22-27)46-32-15-7-13-28(36(30)32)25-9-3-1-4-10-25/h1-22H. The number of hydrogen-bond acceptors (Lipinski definition) is 6. The minimum absolute atomic E-state index is 0.526. The molecule has 0 atom stereocenters. The highest BCUT2D eigenvalue weighted by Crippen LogP contribution is 2.39. The molecule has 0 amide bonds. The SMILES string of the molecule is N#Cc1ccc2c(c1)oc1cccc(-c3nc(-c4ccccc4)nc(-c4ccc5c(c4)oc4cccc(-c6ccccc6)c45)n3)c12. The predicted molar refractivity (Wildman–Crippen MR) is 181 cm³/mol. The summed E-state index contributed by atoms with van der Waals surface area (Å²) in [5, 5.41) is 13.3. The molecular formula is C40H22N4O2. The van der Waals surface area contributed by atoms with E-state index in [2.05, 4.69) is 30.3 Å². The molecule has 0 aliphatic heterocycles. The van der Waals surface area contributed by atoms with Crippen LogP contribution in [0.2, 0.25) is 0 Å². The lowest BCUT2D eigenvalue weighted by Crippen LogP contribution is -2.00. The van der Waals surface area contributed by atoms with Crippen LogP contribution in [0.15, 0.2) is 142 Å².